The van der Waals surface area contributed by atoms with Gasteiger partial charge in [-0.2, -0.15) is 0 Å². The maximum absolute atomic E-state index is 12.2. The highest BCUT2D eigenvalue weighted by Gasteiger charge is 2.13. The first-order valence-electron chi connectivity index (χ1n) is 8.29. The van der Waals surface area contributed by atoms with Gasteiger partial charge >= 0.3 is 0 Å². The number of rotatable bonds is 3. The van der Waals surface area contributed by atoms with Gasteiger partial charge in [-0.15, -0.1) is 16.4 Å². The van der Waals surface area contributed by atoms with E-state index in [1.165, 1.54) is 15.9 Å². The molecule has 0 unspecified atom stereocenters. The van der Waals surface area contributed by atoms with Crippen LogP contribution in [-0.4, -0.2) is 37.0 Å². The maximum atomic E-state index is 12.2. The van der Waals surface area contributed by atoms with Gasteiger partial charge in [0.15, 0.2) is 17.2 Å². The van der Waals surface area contributed by atoms with Gasteiger partial charge < -0.3 is 15.5 Å². The molecular weight excluding hydrogens is 378 g/mol. The second-order valence-corrected chi connectivity index (χ2v) is 7.03. The first-order valence-corrected chi connectivity index (χ1v) is 9.11. The Morgan fingerprint density at radius 1 is 1.36 bits per heavy atom. The minimum absolute atomic E-state index is 0.170. The smallest absolute Gasteiger partial charge is 0.264 e. The van der Waals surface area contributed by atoms with Crippen LogP contribution in [0.5, 0.6) is 0 Å². The maximum Gasteiger partial charge on any atom is 0.264 e. The monoisotopic (exact) mass is 393 g/mol. The van der Waals surface area contributed by atoms with Crippen LogP contribution in [0, 0.1) is 25.7 Å². The number of hydrogen-bond donors (Lipinski definition) is 2. The zero-order valence-electron chi connectivity index (χ0n) is 15.1. The number of nitrogens with one attached hydrogen (secondary N) is 1. The van der Waals surface area contributed by atoms with E-state index in [1.807, 2.05) is 6.92 Å². The molecule has 0 radical (unpaired) electrons. The van der Waals surface area contributed by atoms with Crippen molar-refractivity contribution in [1.82, 2.24) is 29.9 Å². The van der Waals surface area contributed by atoms with E-state index < -0.39 is 0 Å². The van der Waals surface area contributed by atoms with Gasteiger partial charge in [0, 0.05) is 0 Å². The zero-order chi connectivity index (χ0) is 19.7. The van der Waals surface area contributed by atoms with Crippen LogP contribution in [0.25, 0.3) is 17.2 Å². The number of anilines is 1. The number of furan rings is 1. The molecule has 4 rings (SSSR count). The number of carbonyl (C=O) groups excluding carboxylic acids is 1. The number of fused-ring (bicyclic) bond motifs is 1. The topological polar surface area (TPSA) is 124 Å². The van der Waals surface area contributed by atoms with Crippen LogP contribution in [0.15, 0.2) is 29.0 Å². The van der Waals surface area contributed by atoms with Crippen molar-refractivity contribution in [3.05, 3.63) is 45.9 Å². The van der Waals surface area contributed by atoms with Crippen LogP contribution in [-0.2, 0) is 0 Å². The van der Waals surface area contributed by atoms with Gasteiger partial charge in [0.2, 0.25) is 5.82 Å². The van der Waals surface area contributed by atoms with Gasteiger partial charge in [-0.05, 0) is 31.9 Å². The summed E-state index contributed by atoms with van der Waals surface area (Å²) in [5, 5.41) is 7.93. The minimum atomic E-state index is -0.195. The molecule has 0 spiro atoms. The van der Waals surface area contributed by atoms with Crippen LogP contribution >= 0.6 is 11.3 Å². The molecule has 0 aliphatic heterocycles. The quantitative estimate of drug-likeness (QED) is 0.509. The minimum Gasteiger partial charge on any atom is -0.461 e. The molecule has 0 bridgehead atoms. The lowest BCUT2D eigenvalue weighted by molar-refractivity contribution is 0.0962. The standard InChI is InChI=1S/C18H15N7O2S/c1-10-14(28-11(2)21-10)18(26)20-7-3-5-12-9-25-17(15(19)22-12)23-16(24-25)13-6-4-8-27-13/h4,6,8-9H,7H2,1-2H3,(H2,19,22)(H,20,26). The van der Waals surface area contributed by atoms with Gasteiger partial charge in [0.1, 0.15) is 10.6 Å². The molecule has 3 N–H and O–H groups in total. The largest absolute Gasteiger partial charge is 0.461 e. The van der Waals surface area contributed by atoms with Crippen molar-refractivity contribution in [3.63, 3.8) is 0 Å². The fraction of sp³-hybridized carbons (Fsp3) is 0.167. The van der Waals surface area contributed by atoms with Crippen molar-refractivity contribution < 1.29 is 9.21 Å². The Balaban J connectivity index is 1.49. The van der Waals surface area contributed by atoms with Gasteiger partial charge in [-0.1, -0.05) is 5.92 Å². The lowest BCUT2D eigenvalue weighted by Gasteiger charge is -1.99. The third-order valence-corrected chi connectivity index (χ3v) is 4.82. The van der Waals surface area contributed by atoms with Gasteiger partial charge in [0.25, 0.3) is 5.91 Å². The van der Waals surface area contributed by atoms with Crippen molar-refractivity contribution in [3.8, 4) is 23.4 Å². The SMILES string of the molecule is Cc1nc(C)c(C(=O)NCC#Cc2cn3nc(-c4ccco4)nc3c(N)n2)s1. The van der Waals surface area contributed by atoms with Crippen LogP contribution in [0.4, 0.5) is 5.82 Å². The molecule has 28 heavy (non-hydrogen) atoms. The predicted molar refractivity (Wildman–Crippen MR) is 104 cm³/mol. The van der Waals surface area contributed by atoms with Gasteiger partial charge in [-0.3, -0.25) is 4.79 Å². The molecular formula is C18H15N7O2S. The molecule has 10 heteroatoms. The average Bonchev–Trinajstić information content (AvgIpc) is 3.37. The average molecular weight is 393 g/mol. The van der Waals surface area contributed by atoms with E-state index in [2.05, 4.69) is 37.2 Å². The molecule has 4 aromatic rings. The summed E-state index contributed by atoms with van der Waals surface area (Å²) in [4.78, 5) is 25.5. The molecule has 0 fully saturated rings. The molecule has 0 aliphatic rings. The molecule has 0 saturated carbocycles. The van der Waals surface area contributed by atoms with E-state index in [-0.39, 0.29) is 18.3 Å². The number of nitrogens with two attached hydrogens (primary N) is 1. The predicted octanol–water partition coefficient (Wildman–Crippen LogP) is 1.82. The van der Waals surface area contributed by atoms with E-state index >= 15 is 0 Å². The summed E-state index contributed by atoms with van der Waals surface area (Å²) in [6.07, 6.45) is 3.17. The highest BCUT2D eigenvalue weighted by Crippen LogP contribution is 2.19. The summed E-state index contributed by atoms with van der Waals surface area (Å²) in [5.74, 6) is 6.68. The number of nitrogens with zero attached hydrogens (tertiary/aromatic N) is 5. The van der Waals surface area contributed by atoms with Crippen molar-refractivity contribution in [2.24, 2.45) is 0 Å². The summed E-state index contributed by atoms with van der Waals surface area (Å²) in [5.41, 5.74) is 7.51. The lowest BCUT2D eigenvalue weighted by Crippen LogP contribution is -2.23. The lowest BCUT2D eigenvalue weighted by atomic mass is 10.3. The van der Waals surface area contributed by atoms with Crippen LogP contribution in [0.3, 0.4) is 0 Å². The first-order chi connectivity index (χ1) is 13.5. The third kappa shape index (κ3) is 3.43. The van der Waals surface area contributed by atoms with E-state index in [0.29, 0.717) is 33.5 Å². The Kier molecular flexibility index (Phi) is 4.50. The van der Waals surface area contributed by atoms with Gasteiger partial charge in [-0.25, -0.2) is 19.5 Å². The Labute approximate surface area is 163 Å². The Morgan fingerprint density at radius 2 is 2.21 bits per heavy atom. The van der Waals surface area contributed by atoms with E-state index in [1.54, 1.807) is 31.5 Å². The number of aromatic nitrogens is 5. The van der Waals surface area contributed by atoms with Crippen LogP contribution in [0.1, 0.15) is 26.1 Å². The van der Waals surface area contributed by atoms with Crippen molar-refractivity contribution >= 4 is 28.7 Å². The Hall–Kier alpha value is -3.71. The normalized spacial score (nSPS) is 10.6. The molecule has 140 valence electrons. The zero-order valence-corrected chi connectivity index (χ0v) is 15.9. The van der Waals surface area contributed by atoms with Crippen molar-refractivity contribution in [1.29, 1.82) is 0 Å². The number of hydrogen-bond acceptors (Lipinski definition) is 8. The Morgan fingerprint density at radius 3 is 2.93 bits per heavy atom. The Bertz CT molecular complexity index is 1230. The second kappa shape index (κ2) is 7.13. The number of amides is 1. The fourth-order valence-corrected chi connectivity index (χ4v) is 3.40. The second-order valence-electron chi connectivity index (χ2n) is 5.82. The van der Waals surface area contributed by atoms with E-state index in [0.717, 1.165) is 5.01 Å². The van der Waals surface area contributed by atoms with E-state index in [4.69, 9.17) is 10.2 Å². The first kappa shape index (κ1) is 17.7. The molecule has 4 heterocycles. The van der Waals surface area contributed by atoms with Crippen molar-refractivity contribution in [2.75, 3.05) is 12.3 Å². The molecule has 9 nitrogen and oxygen atoms in total. The summed E-state index contributed by atoms with van der Waals surface area (Å²) in [6, 6.07) is 3.51. The molecule has 0 atom stereocenters. The van der Waals surface area contributed by atoms with Gasteiger partial charge in [0.05, 0.1) is 29.7 Å². The molecule has 1 amide bonds. The highest BCUT2D eigenvalue weighted by atomic mass is 32.1. The van der Waals surface area contributed by atoms with Crippen molar-refractivity contribution in [2.45, 2.75) is 13.8 Å². The highest BCUT2D eigenvalue weighted by molar-refractivity contribution is 7.13. The van der Waals surface area contributed by atoms with Crippen LogP contribution < -0.4 is 11.1 Å². The summed E-state index contributed by atoms with van der Waals surface area (Å²) in [6.45, 7) is 3.84. The number of carbonyl (C=O) groups is 1. The summed E-state index contributed by atoms with van der Waals surface area (Å²) < 4.78 is 6.80. The third-order valence-electron chi connectivity index (χ3n) is 3.75. The summed E-state index contributed by atoms with van der Waals surface area (Å²) >= 11 is 1.35. The fourth-order valence-electron chi connectivity index (χ4n) is 2.56. The number of aryl methyl sites for hydroxylation is 2. The van der Waals surface area contributed by atoms with E-state index in [9.17, 15) is 4.79 Å². The number of thiazole rings is 1. The molecule has 0 aromatic carbocycles. The summed E-state index contributed by atoms with van der Waals surface area (Å²) in [7, 11) is 0. The molecule has 0 saturated heterocycles. The molecule has 4 aromatic heterocycles. The molecule has 0 aliphatic carbocycles. The van der Waals surface area contributed by atoms with Crippen LogP contribution in [0.2, 0.25) is 0 Å². The number of nitrogen functional groups attached to an aromatic ring is 1.